The summed E-state index contributed by atoms with van der Waals surface area (Å²) in [6.07, 6.45) is -0.410. The lowest BCUT2D eigenvalue weighted by Crippen LogP contribution is -2.27. The van der Waals surface area contributed by atoms with Crippen molar-refractivity contribution in [3.63, 3.8) is 0 Å². The zero-order valence-electron chi connectivity index (χ0n) is 10.1. The van der Waals surface area contributed by atoms with Crippen LogP contribution in [0, 0.1) is 0 Å². The van der Waals surface area contributed by atoms with Gasteiger partial charge in [-0.1, -0.05) is 6.07 Å². The molecule has 94 valence electrons. The second-order valence-electron chi connectivity index (χ2n) is 3.48. The van der Waals surface area contributed by atoms with E-state index in [4.69, 9.17) is 9.47 Å². The Morgan fingerprint density at radius 3 is 2.76 bits per heavy atom. The second kappa shape index (κ2) is 6.49. The lowest BCUT2D eigenvalue weighted by molar-refractivity contribution is 0.149. The number of alkyl carbamates (subject to hydrolysis) is 1. The maximum atomic E-state index is 11.3. The van der Waals surface area contributed by atoms with Gasteiger partial charge in [-0.25, -0.2) is 4.79 Å². The minimum atomic E-state index is -0.410. The Morgan fingerprint density at radius 2 is 2.24 bits per heavy atom. The minimum Gasteiger partial charge on any atom is -0.496 e. The van der Waals surface area contributed by atoms with Crippen LogP contribution >= 0.6 is 15.9 Å². The summed E-state index contributed by atoms with van der Waals surface area (Å²) >= 11 is 3.40. The molecule has 0 bridgehead atoms. The van der Waals surface area contributed by atoms with Gasteiger partial charge in [0.2, 0.25) is 0 Å². The number of hydrogen-bond donors (Lipinski definition) is 1. The lowest BCUT2D eigenvalue weighted by atomic mass is 10.1. The first-order valence-electron chi connectivity index (χ1n) is 5.35. The molecular formula is C12H16BrNO3. The smallest absolute Gasteiger partial charge is 0.407 e. The molecule has 4 nitrogen and oxygen atoms in total. The number of benzene rings is 1. The topological polar surface area (TPSA) is 47.6 Å². The molecule has 0 fully saturated rings. The van der Waals surface area contributed by atoms with Gasteiger partial charge in [0.1, 0.15) is 5.75 Å². The molecular weight excluding hydrogens is 286 g/mol. The third-order valence-electron chi connectivity index (χ3n) is 2.29. The molecule has 1 amide bonds. The number of methoxy groups -OCH3 is 1. The summed E-state index contributed by atoms with van der Waals surface area (Å²) in [5.41, 5.74) is 0.978. The fraction of sp³-hybridized carbons (Fsp3) is 0.417. The molecule has 0 spiro atoms. The van der Waals surface area contributed by atoms with Crippen molar-refractivity contribution < 1.29 is 14.3 Å². The molecule has 0 radical (unpaired) electrons. The first-order valence-corrected chi connectivity index (χ1v) is 6.14. The van der Waals surface area contributed by atoms with Gasteiger partial charge in [0, 0.05) is 0 Å². The van der Waals surface area contributed by atoms with Crippen LogP contribution in [0.1, 0.15) is 25.5 Å². The summed E-state index contributed by atoms with van der Waals surface area (Å²) in [6, 6.07) is 5.55. The lowest BCUT2D eigenvalue weighted by Gasteiger charge is -2.15. The van der Waals surface area contributed by atoms with Gasteiger partial charge < -0.3 is 14.8 Å². The van der Waals surface area contributed by atoms with E-state index in [0.29, 0.717) is 6.61 Å². The van der Waals surface area contributed by atoms with Gasteiger partial charge in [-0.3, -0.25) is 0 Å². The zero-order valence-corrected chi connectivity index (χ0v) is 11.7. The SMILES string of the molecule is CCOC(=O)N[C@@H](C)c1ccc(OC)c(Br)c1. The predicted octanol–water partition coefficient (Wildman–Crippen LogP) is 3.26. The molecule has 0 aliphatic rings. The number of carbonyl (C=O) groups is 1. The molecule has 17 heavy (non-hydrogen) atoms. The van der Waals surface area contributed by atoms with Crippen molar-refractivity contribution in [2.24, 2.45) is 0 Å². The van der Waals surface area contributed by atoms with Crippen LogP contribution in [-0.2, 0) is 4.74 Å². The molecule has 5 heteroatoms. The highest BCUT2D eigenvalue weighted by Crippen LogP contribution is 2.27. The Bertz CT molecular complexity index is 395. The van der Waals surface area contributed by atoms with Crippen LogP contribution in [0.15, 0.2) is 22.7 Å². The maximum Gasteiger partial charge on any atom is 0.407 e. The molecule has 1 rings (SSSR count). The van der Waals surface area contributed by atoms with Crippen molar-refractivity contribution in [2.75, 3.05) is 13.7 Å². The number of amides is 1. The van der Waals surface area contributed by atoms with Crippen molar-refractivity contribution in [2.45, 2.75) is 19.9 Å². The molecule has 0 saturated carbocycles. The Hall–Kier alpha value is -1.23. The van der Waals surface area contributed by atoms with Crippen molar-refractivity contribution >= 4 is 22.0 Å². The molecule has 0 aliphatic heterocycles. The third kappa shape index (κ3) is 3.93. The van der Waals surface area contributed by atoms with E-state index in [-0.39, 0.29) is 6.04 Å². The molecule has 1 aromatic carbocycles. The van der Waals surface area contributed by atoms with Crippen molar-refractivity contribution in [1.29, 1.82) is 0 Å². The average Bonchev–Trinajstić information content (AvgIpc) is 2.29. The minimum absolute atomic E-state index is 0.115. The van der Waals surface area contributed by atoms with Crippen molar-refractivity contribution in [3.8, 4) is 5.75 Å². The Kier molecular flexibility index (Phi) is 5.28. The molecule has 0 aromatic heterocycles. The molecule has 1 atom stereocenters. The van der Waals surface area contributed by atoms with E-state index in [2.05, 4.69) is 21.2 Å². The number of nitrogens with one attached hydrogen (secondary N) is 1. The van der Waals surface area contributed by atoms with Crippen molar-refractivity contribution in [3.05, 3.63) is 28.2 Å². The number of ether oxygens (including phenoxy) is 2. The Morgan fingerprint density at radius 1 is 1.53 bits per heavy atom. The fourth-order valence-corrected chi connectivity index (χ4v) is 1.94. The van der Waals surface area contributed by atoms with Crippen LogP contribution in [-0.4, -0.2) is 19.8 Å². The quantitative estimate of drug-likeness (QED) is 0.928. The van der Waals surface area contributed by atoms with Crippen LogP contribution in [0.5, 0.6) is 5.75 Å². The van der Waals surface area contributed by atoms with E-state index in [1.54, 1.807) is 14.0 Å². The summed E-state index contributed by atoms with van der Waals surface area (Å²) in [7, 11) is 1.61. The molecule has 0 heterocycles. The first kappa shape index (κ1) is 13.8. The summed E-state index contributed by atoms with van der Waals surface area (Å²) in [5, 5.41) is 2.74. The van der Waals surface area contributed by atoms with Gasteiger partial charge in [-0.05, 0) is 47.5 Å². The van der Waals surface area contributed by atoms with E-state index in [0.717, 1.165) is 15.8 Å². The van der Waals surface area contributed by atoms with E-state index in [9.17, 15) is 4.79 Å². The highest BCUT2D eigenvalue weighted by molar-refractivity contribution is 9.10. The molecule has 0 aliphatic carbocycles. The average molecular weight is 302 g/mol. The molecule has 1 aromatic rings. The number of carbonyl (C=O) groups excluding carboxylic acids is 1. The van der Waals surface area contributed by atoms with Gasteiger partial charge in [-0.15, -0.1) is 0 Å². The zero-order chi connectivity index (χ0) is 12.8. The van der Waals surface area contributed by atoms with Crippen LogP contribution < -0.4 is 10.1 Å². The second-order valence-corrected chi connectivity index (χ2v) is 4.33. The first-order chi connectivity index (χ1) is 8.08. The largest absolute Gasteiger partial charge is 0.496 e. The summed E-state index contributed by atoms with van der Waals surface area (Å²) in [4.78, 5) is 11.3. The Balaban J connectivity index is 2.72. The van der Waals surface area contributed by atoms with Crippen LogP contribution in [0.2, 0.25) is 0 Å². The predicted molar refractivity (Wildman–Crippen MR) is 69.3 cm³/mol. The van der Waals surface area contributed by atoms with E-state index in [1.165, 1.54) is 0 Å². The van der Waals surface area contributed by atoms with Crippen LogP contribution in [0.25, 0.3) is 0 Å². The number of rotatable bonds is 4. The van der Waals surface area contributed by atoms with Gasteiger partial charge >= 0.3 is 6.09 Å². The van der Waals surface area contributed by atoms with E-state index >= 15 is 0 Å². The van der Waals surface area contributed by atoms with Crippen LogP contribution in [0.4, 0.5) is 4.79 Å². The highest BCUT2D eigenvalue weighted by atomic mass is 79.9. The maximum absolute atomic E-state index is 11.3. The van der Waals surface area contributed by atoms with E-state index in [1.807, 2.05) is 25.1 Å². The van der Waals surface area contributed by atoms with E-state index < -0.39 is 6.09 Å². The fourth-order valence-electron chi connectivity index (χ4n) is 1.38. The summed E-state index contributed by atoms with van der Waals surface area (Å²) in [5.74, 6) is 0.761. The molecule has 1 N–H and O–H groups in total. The molecule has 0 unspecified atom stereocenters. The van der Waals surface area contributed by atoms with Gasteiger partial charge in [0.05, 0.1) is 24.2 Å². The standard InChI is InChI=1S/C12H16BrNO3/c1-4-17-12(15)14-8(2)9-5-6-11(16-3)10(13)7-9/h5-8H,4H2,1-3H3,(H,14,15)/t8-/m0/s1. The normalized spacial score (nSPS) is 11.8. The summed E-state index contributed by atoms with van der Waals surface area (Å²) in [6.45, 7) is 4.03. The van der Waals surface area contributed by atoms with Gasteiger partial charge in [0.15, 0.2) is 0 Å². The summed E-state index contributed by atoms with van der Waals surface area (Å²) < 4.78 is 10.8. The number of hydrogen-bond acceptors (Lipinski definition) is 3. The van der Waals surface area contributed by atoms with Gasteiger partial charge in [-0.2, -0.15) is 0 Å². The van der Waals surface area contributed by atoms with Crippen LogP contribution in [0.3, 0.4) is 0 Å². The number of halogens is 1. The Labute approximate surface area is 109 Å². The van der Waals surface area contributed by atoms with Crippen molar-refractivity contribution in [1.82, 2.24) is 5.32 Å². The molecule has 0 saturated heterocycles. The highest BCUT2D eigenvalue weighted by Gasteiger charge is 2.11. The van der Waals surface area contributed by atoms with Gasteiger partial charge in [0.25, 0.3) is 0 Å². The monoisotopic (exact) mass is 301 g/mol. The third-order valence-corrected chi connectivity index (χ3v) is 2.91.